The first-order valence-electron chi connectivity index (χ1n) is 4.71. The van der Waals surface area contributed by atoms with Gasteiger partial charge in [0.05, 0.1) is 0 Å². The van der Waals surface area contributed by atoms with Crippen molar-refractivity contribution in [3.8, 4) is 0 Å². The monoisotopic (exact) mass is 282 g/mol. The zero-order valence-electron chi connectivity index (χ0n) is 8.18. The van der Waals surface area contributed by atoms with Crippen LogP contribution in [0, 0.1) is 5.92 Å². The molecule has 12 heavy (non-hydrogen) atoms. The van der Waals surface area contributed by atoms with Gasteiger partial charge in [0.1, 0.15) is 0 Å². The number of nitrogens with zero attached hydrogens (tertiary/aromatic N) is 1. The van der Waals surface area contributed by atoms with Crippen molar-refractivity contribution in [2.45, 2.75) is 38.8 Å². The van der Waals surface area contributed by atoms with Crippen molar-refractivity contribution in [2.24, 2.45) is 5.92 Å². The van der Waals surface area contributed by atoms with Gasteiger partial charge in [0, 0.05) is 34.9 Å². The smallest absolute Gasteiger partial charge is 0.0201 e. The van der Waals surface area contributed by atoms with Crippen molar-refractivity contribution in [2.75, 3.05) is 13.6 Å². The Morgan fingerprint density at radius 3 is 2.50 bits per heavy atom. The number of hydrogen-bond acceptors (Lipinski definition) is 2. The molecular weight excluding hydrogens is 263 g/mol. The summed E-state index contributed by atoms with van der Waals surface area (Å²) in [5.74, 6) is 0.926. The van der Waals surface area contributed by atoms with Crippen LogP contribution in [0.4, 0.5) is 0 Å². The van der Waals surface area contributed by atoms with Gasteiger partial charge < -0.3 is 5.32 Å². The van der Waals surface area contributed by atoms with Gasteiger partial charge in [-0.1, -0.05) is 13.8 Å². The number of halogens is 1. The van der Waals surface area contributed by atoms with E-state index in [0.29, 0.717) is 6.04 Å². The maximum absolute atomic E-state index is 3.49. The van der Waals surface area contributed by atoms with Crippen molar-refractivity contribution < 1.29 is 0 Å². The molecule has 72 valence electrons. The van der Waals surface area contributed by atoms with Crippen LogP contribution in [0.25, 0.3) is 0 Å². The summed E-state index contributed by atoms with van der Waals surface area (Å²) >= 11 is 2.38. The molecule has 1 aliphatic rings. The van der Waals surface area contributed by atoms with Crippen LogP contribution in [0.15, 0.2) is 0 Å². The summed E-state index contributed by atoms with van der Waals surface area (Å²) in [6.07, 6.45) is 2.75. The predicted molar refractivity (Wildman–Crippen MR) is 61.4 cm³/mol. The molecule has 2 nitrogen and oxygen atoms in total. The SMILES string of the molecule is CC(C)NCC1CC(N(C)I)C1. The highest BCUT2D eigenvalue weighted by atomic mass is 127. The average molecular weight is 282 g/mol. The van der Waals surface area contributed by atoms with Gasteiger partial charge >= 0.3 is 0 Å². The minimum absolute atomic E-state index is 0.640. The van der Waals surface area contributed by atoms with Crippen molar-refractivity contribution >= 4 is 22.9 Å². The van der Waals surface area contributed by atoms with Crippen LogP contribution < -0.4 is 5.32 Å². The first-order valence-corrected chi connectivity index (χ1v) is 5.68. The fourth-order valence-corrected chi connectivity index (χ4v) is 2.01. The molecule has 0 amide bonds. The molecule has 1 fully saturated rings. The quantitative estimate of drug-likeness (QED) is 0.627. The molecule has 0 aliphatic heterocycles. The molecule has 0 radical (unpaired) electrons. The standard InChI is InChI=1S/C9H19IN2/c1-7(2)11-6-8-4-9(5-8)12(3)10/h7-9,11H,4-6H2,1-3H3. The van der Waals surface area contributed by atoms with Crippen molar-refractivity contribution in [3.63, 3.8) is 0 Å². The summed E-state index contributed by atoms with van der Waals surface area (Å²) in [6.45, 7) is 5.62. The van der Waals surface area contributed by atoms with E-state index >= 15 is 0 Å². The predicted octanol–water partition coefficient (Wildman–Crippen LogP) is 2.04. The van der Waals surface area contributed by atoms with Gasteiger partial charge in [-0.25, -0.2) is 3.11 Å². The Kier molecular flexibility index (Phi) is 4.26. The Morgan fingerprint density at radius 2 is 2.08 bits per heavy atom. The van der Waals surface area contributed by atoms with E-state index in [0.717, 1.165) is 12.0 Å². The number of rotatable bonds is 4. The molecule has 0 unspecified atom stereocenters. The van der Waals surface area contributed by atoms with E-state index in [1.165, 1.54) is 19.4 Å². The average Bonchev–Trinajstić information content (AvgIpc) is 1.82. The van der Waals surface area contributed by atoms with Crippen molar-refractivity contribution in [3.05, 3.63) is 0 Å². The fraction of sp³-hybridized carbons (Fsp3) is 1.00. The number of hydrogen-bond donors (Lipinski definition) is 1. The second-order valence-corrected chi connectivity index (χ2v) is 5.60. The molecule has 1 rings (SSSR count). The normalized spacial score (nSPS) is 29.5. The summed E-state index contributed by atoms with van der Waals surface area (Å²) in [5.41, 5.74) is 0. The summed E-state index contributed by atoms with van der Waals surface area (Å²) in [4.78, 5) is 0. The van der Waals surface area contributed by atoms with E-state index in [1.54, 1.807) is 0 Å². The van der Waals surface area contributed by atoms with Gasteiger partial charge in [-0.2, -0.15) is 0 Å². The molecule has 0 aromatic rings. The lowest BCUT2D eigenvalue weighted by Gasteiger charge is -2.38. The van der Waals surface area contributed by atoms with Gasteiger partial charge in [0.15, 0.2) is 0 Å². The van der Waals surface area contributed by atoms with Crippen LogP contribution in [0.3, 0.4) is 0 Å². The van der Waals surface area contributed by atoms with E-state index < -0.39 is 0 Å². The Balaban J connectivity index is 2.02. The van der Waals surface area contributed by atoms with Crippen LogP contribution in [-0.4, -0.2) is 28.8 Å². The minimum Gasteiger partial charge on any atom is -0.314 e. The highest BCUT2D eigenvalue weighted by Crippen LogP contribution is 2.31. The van der Waals surface area contributed by atoms with E-state index in [2.05, 4.69) is 52.2 Å². The molecule has 0 aromatic carbocycles. The Labute approximate surface area is 89.6 Å². The minimum atomic E-state index is 0.640. The lowest BCUT2D eigenvalue weighted by atomic mass is 9.80. The topological polar surface area (TPSA) is 15.3 Å². The summed E-state index contributed by atoms with van der Waals surface area (Å²) in [7, 11) is 2.16. The first kappa shape index (κ1) is 10.7. The Hall–Kier alpha value is 0.650. The highest BCUT2D eigenvalue weighted by Gasteiger charge is 2.30. The van der Waals surface area contributed by atoms with E-state index in [-0.39, 0.29) is 0 Å². The maximum atomic E-state index is 3.49. The van der Waals surface area contributed by atoms with Gasteiger partial charge in [0.25, 0.3) is 0 Å². The summed E-state index contributed by atoms with van der Waals surface area (Å²) < 4.78 is 2.31. The van der Waals surface area contributed by atoms with Crippen LogP contribution >= 0.6 is 22.9 Å². The van der Waals surface area contributed by atoms with Crippen LogP contribution in [0.5, 0.6) is 0 Å². The van der Waals surface area contributed by atoms with Crippen LogP contribution in [0.2, 0.25) is 0 Å². The van der Waals surface area contributed by atoms with Crippen LogP contribution in [0.1, 0.15) is 26.7 Å². The summed E-state index contributed by atoms with van der Waals surface area (Å²) in [5, 5.41) is 3.49. The van der Waals surface area contributed by atoms with Crippen molar-refractivity contribution in [1.82, 2.24) is 8.43 Å². The molecular formula is C9H19IN2. The molecule has 1 saturated carbocycles. The summed E-state index contributed by atoms with van der Waals surface area (Å²) in [6, 6.07) is 1.48. The van der Waals surface area contributed by atoms with Crippen molar-refractivity contribution in [1.29, 1.82) is 0 Å². The second-order valence-electron chi connectivity index (χ2n) is 4.08. The lowest BCUT2D eigenvalue weighted by molar-refractivity contribution is 0.179. The van der Waals surface area contributed by atoms with Gasteiger partial charge in [-0.05, 0) is 32.4 Å². The number of nitrogens with one attached hydrogen (secondary N) is 1. The van der Waals surface area contributed by atoms with Crippen LogP contribution in [-0.2, 0) is 0 Å². The molecule has 0 bridgehead atoms. The van der Waals surface area contributed by atoms with Gasteiger partial charge in [0.2, 0.25) is 0 Å². The highest BCUT2D eigenvalue weighted by molar-refractivity contribution is 14.1. The molecule has 0 spiro atoms. The van der Waals surface area contributed by atoms with Gasteiger partial charge in [-0.15, -0.1) is 0 Å². The molecule has 3 heteroatoms. The van der Waals surface area contributed by atoms with Gasteiger partial charge in [-0.3, -0.25) is 0 Å². The molecule has 1 N–H and O–H groups in total. The van der Waals surface area contributed by atoms with E-state index in [4.69, 9.17) is 0 Å². The Morgan fingerprint density at radius 1 is 1.50 bits per heavy atom. The molecule has 0 saturated heterocycles. The zero-order valence-corrected chi connectivity index (χ0v) is 10.3. The third-order valence-corrected chi connectivity index (χ3v) is 3.32. The third kappa shape index (κ3) is 3.18. The molecule has 0 atom stereocenters. The lowest BCUT2D eigenvalue weighted by Crippen LogP contribution is -2.43. The fourth-order valence-electron chi connectivity index (χ4n) is 1.56. The van der Waals surface area contributed by atoms with E-state index in [9.17, 15) is 0 Å². The largest absolute Gasteiger partial charge is 0.314 e. The maximum Gasteiger partial charge on any atom is 0.0201 e. The Bertz CT molecular complexity index is 128. The van der Waals surface area contributed by atoms with E-state index in [1.807, 2.05) is 0 Å². The molecule has 1 aliphatic carbocycles. The molecule has 0 aromatic heterocycles. The molecule has 0 heterocycles. The first-order chi connectivity index (χ1) is 5.59. The zero-order chi connectivity index (χ0) is 9.14. The third-order valence-electron chi connectivity index (χ3n) is 2.53. The second kappa shape index (κ2) is 4.77.